The van der Waals surface area contributed by atoms with Crippen molar-refractivity contribution in [1.82, 2.24) is 20.4 Å². The molecule has 1 atom stereocenters. The Labute approximate surface area is 106 Å². The standard InChI is InChI=1S/C11H20N4O3/c1-4-15(7-10(17)14(2)3)11(18)8-5-13-9(16)6-12-8/h8,12H,4-7H2,1-3H3,(H,13,16). The number of nitrogens with zero attached hydrogens (tertiary/aromatic N) is 2. The van der Waals surface area contributed by atoms with E-state index < -0.39 is 6.04 Å². The van der Waals surface area contributed by atoms with Crippen molar-refractivity contribution in [3.63, 3.8) is 0 Å². The van der Waals surface area contributed by atoms with Crippen LogP contribution in [0.1, 0.15) is 6.92 Å². The van der Waals surface area contributed by atoms with Gasteiger partial charge in [-0.05, 0) is 6.92 Å². The molecule has 102 valence electrons. The molecule has 0 radical (unpaired) electrons. The van der Waals surface area contributed by atoms with Crippen LogP contribution in [-0.2, 0) is 14.4 Å². The van der Waals surface area contributed by atoms with Crippen LogP contribution in [0.4, 0.5) is 0 Å². The molecule has 1 aliphatic heterocycles. The summed E-state index contributed by atoms with van der Waals surface area (Å²) in [5.41, 5.74) is 0. The number of carbonyl (C=O) groups is 3. The maximum Gasteiger partial charge on any atom is 0.242 e. The first-order valence-electron chi connectivity index (χ1n) is 5.94. The van der Waals surface area contributed by atoms with Crippen LogP contribution in [0.2, 0.25) is 0 Å². The Morgan fingerprint density at radius 2 is 2.06 bits per heavy atom. The van der Waals surface area contributed by atoms with E-state index in [0.717, 1.165) is 0 Å². The molecule has 0 saturated carbocycles. The average Bonchev–Trinajstić information content (AvgIpc) is 2.35. The zero-order chi connectivity index (χ0) is 13.7. The Bertz CT molecular complexity index is 333. The molecule has 2 N–H and O–H groups in total. The third-order valence-corrected chi connectivity index (χ3v) is 2.83. The molecule has 0 aromatic heterocycles. The van der Waals surface area contributed by atoms with Crippen LogP contribution in [0.3, 0.4) is 0 Å². The largest absolute Gasteiger partial charge is 0.353 e. The fraction of sp³-hybridized carbons (Fsp3) is 0.727. The van der Waals surface area contributed by atoms with Crippen LogP contribution in [0.5, 0.6) is 0 Å². The molecule has 1 saturated heterocycles. The highest BCUT2D eigenvalue weighted by molar-refractivity contribution is 5.89. The Morgan fingerprint density at radius 3 is 2.50 bits per heavy atom. The van der Waals surface area contributed by atoms with Gasteiger partial charge in [-0.3, -0.25) is 19.7 Å². The number of piperazine rings is 1. The van der Waals surface area contributed by atoms with E-state index in [1.807, 2.05) is 6.92 Å². The van der Waals surface area contributed by atoms with Gasteiger partial charge in [0.15, 0.2) is 0 Å². The lowest BCUT2D eigenvalue weighted by Gasteiger charge is -2.29. The second kappa shape index (κ2) is 6.34. The molecule has 1 heterocycles. The monoisotopic (exact) mass is 256 g/mol. The van der Waals surface area contributed by atoms with Crippen LogP contribution >= 0.6 is 0 Å². The van der Waals surface area contributed by atoms with Gasteiger partial charge in [0.1, 0.15) is 6.04 Å². The second-order valence-electron chi connectivity index (χ2n) is 4.38. The quantitative estimate of drug-likeness (QED) is 0.610. The van der Waals surface area contributed by atoms with Gasteiger partial charge in [0.2, 0.25) is 17.7 Å². The highest BCUT2D eigenvalue weighted by Gasteiger charge is 2.28. The van der Waals surface area contributed by atoms with Gasteiger partial charge >= 0.3 is 0 Å². The molecule has 0 aromatic carbocycles. The van der Waals surface area contributed by atoms with E-state index in [2.05, 4.69) is 10.6 Å². The summed E-state index contributed by atoms with van der Waals surface area (Å²) < 4.78 is 0. The molecule has 1 aliphatic rings. The van der Waals surface area contributed by atoms with Crippen molar-refractivity contribution in [2.24, 2.45) is 0 Å². The van der Waals surface area contributed by atoms with Crippen LogP contribution in [-0.4, -0.2) is 73.8 Å². The summed E-state index contributed by atoms with van der Waals surface area (Å²) in [6, 6.07) is -0.447. The molecule has 0 spiro atoms. The van der Waals surface area contributed by atoms with Crippen LogP contribution in [0.15, 0.2) is 0 Å². The van der Waals surface area contributed by atoms with Gasteiger partial charge in [0.25, 0.3) is 0 Å². The number of hydrogen-bond donors (Lipinski definition) is 2. The highest BCUT2D eigenvalue weighted by Crippen LogP contribution is 1.99. The third-order valence-electron chi connectivity index (χ3n) is 2.83. The van der Waals surface area contributed by atoms with E-state index >= 15 is 0 Å². The fourth-order valence-corrected chi connectivity index (χ4v) is 1.61. The molecule has 0 aliphatic carbocycles. The molecular weight excluding hydrogens is 236 g/mol. The van der Waals surface area contributed by atoms with Gasteiger partial charge in [0.05, 0.1) is 13.1 Å². The van der Waals surface area contributed by atoms with Gasteiger partial charge in [-0.25, -0.2) is 0 Å². The molecular formula is C11H20N4O3. The lowest BCUT2D eigenvalue weighted by Crippen LogP contribution is -2.59. The maximum atomic E-state index is 12.1. The first kappa shape index (κ1) is 14.4. The van der Waals surface area contributed by atoms with Crippen molar-refractivity contribution in [3.8, 4) is 0 Å². The summed E-state index contributed by atoms with van der Waals surface area (Å²) in [6.07, 6.45) is 0. The van der Waals surface area contributed by atoms with Crippen LogP contribution < -0.4 is 10.6 Å². The van der Waals surface area contributed by atoms with Gasteiger partial charge < -0.3 is 15.1 Å². The Balaban J connectivity index is 2.56. The van der Waals surface area contributed by atoms with Crippen molar-refractivity contribution in [2.45, 2.75) is 13.0 Å². The predicted molar refractivity (Wildman–Crippen MR) is 65.7 cm³/mol. The van der Waals surface area contributed by atoms with E-state index in [4.69, 9.17) is 0 Å². The normalized spacial score (nSPS) is 19.1. The van der Waals surface area contributed by atoms with Gasteiger partial charge in [0, 0.05) is 27.2 Å². The number of amides is 3. The Kier molecular flexibility index (Phi) is 5.08. The van der Waals surface area contributed by atoms with Crippen LogP contribution in [0.25, 0.3) is 0 Å². The number of nitrogens with one attached hydrogen (secondary N) is 2. The first-order valence-corrected chi connectivity index (χ1v) is 5.94. The predicted octanol–water partition coefficient (Wildman–Crippen LogP) is -1.99. The van der Waals surface area contributed by atoms with Crippen molar-refractivity contribution >= 4 is 17.7 Å². The summed E-state index contributed by atoms with van der Waals surface area (Å²) in [7, 11) is 3.31. The maximum absolute atomic E-state index is 12.1. The van der Waals surface area contributed by atoms with Crippen molar-refractivity contribution in [2.75, 3.05) is 40.3 Å². The number of hydrogen-bond acceptors (Lipinski definition) is 4. The smallest absolute Gasteiger partial charge is 0.242 e. The van der Waals surface area contributed by atoms with E-state index in [-0.39, 0.29) is 37.4 Å². The summed E-state index contributed by atoms with van der Waals surface area (Å²) in [5, 5.41) is 5.48. The average molecular weight is 256 g/mol. The van der Waals surface area contributed by atoms with E-state index in [1.165, 1.54) is 9.80 Å². The first-order chi connectivity index (χ1) is 8.45. The minimum absolute atomic E-state index is 0.0639. The lowest BCUT2D eigenvalue weighted by molar-refractivity contribution is -0.141. The lowest BCUT2D eigenvalue weighted by atomic mass is 10.2. The Morgan fingerprint density at radius 1 is 1.39 bits per heavy atom. The summed E-state index contributed by atoms with van der Waals surface area (Å²) in [4.78, 5) is 37.6. The third kappa shape index (κ3) is 3.69. The minimum atomic E-state index is -0.447. The van der Waals surface area contributed by atoms with Crippen molar-refractivity contribution < 1.29 is 14.4 Å². The SMILES string of the molecule is CCN(CC(=O)N(C)C)C(=O)C1CNC(=O)CN1. The molecule has 1 fully saturated rings. The zero-order valence-electron chi connectivity index (χ0n) is 11.0. The number of rotatable bonds is 4. The van der Waals surface area contributed by atoms with Crippen molar-refractivity contribution in [1.29, 1.82) is 0 Å². The summed E-state index contributed by atoms with van der Waals surface area (Å²) in [6.45, 7) is 2.75. The highest BCUT2D eigenvalue weighted by atomic mass is 16.2. The molecule has 0 bridgehead atoms. The molecule has 1 rings (SSSR count). The Hall–Kier alpha value is -1.63. The molecule has 3 amide bonds. The zero-order valence-corrected chi connectivity index (χ0v) is 11.0. The summed E-state index contributed by atoms with van der Waals surface area (Å²) >= 11 is 0. The molecule has 1 unspecified atom stereocenters. The topological polar surface area (TPSA) is 81.8 Å². The van der Waals surface area contributed by atoms with Gasteiger partial charge in [-0.1, -0.05) is 0 Å². The second-order valence-corrected chi connectivity index (χ2v) is 4.38. The van der Waals surface area contributed by atoms with E-state index in [9.17, 15) is 14.4 Å². The van der Waals surface area contributed by atoms with Gasteiger partial charge in [-0.2, -0.15) is 0 Å². The summed E-state index contributed by atoms with van der Waals surface area (Å²) in [5.74, 6) is -0.399. The van der Waals surface area contributed by atoms with Gasteiger partial charge in [-0.15, -0.1) is 0 Å². The molecule has 18 heavy (non-hydrogen) atoms. The molecule has 0 aromatic rings. The molecule has 7 nitrogen and oxygen atoms in total. The number of likely N-dealkylation sites (N-methyl/N-ethyl adjacent to an activating group) is 2. The minimum Gasteiger partial charge on any atom is -0.353 e. The number of carbonyl (C=O) groups excluding carboxylic acids is 3. The van der Waals surface area contributed by atoms with Crippen molar-refractivity contribution in [3.05, 3.63) is 0 Å². The van der Waals surface area contributed by atoms with Crippen LogP contribution in [0, 0.1) is 0 Å². The molecule has 7 heteroatoms. The van der Waals surface area contributed by atoms with E-state index in [1.54, 1.807) is 14.1 Å². The fourth-order valence-electron chi connectivity index (χ4n) is 1.61. The van der Waals surface area contributed by atoms with E-state index in [0.29, 0.717) is 6.54 Å².